The zero-order valence-electron chi connectivity index (χ0n) is 27.4. The molecular formula is C46H28N4S. The van der Waals surface area contributed by atoms with Gasteiger partial charge in [-0.05, 0) is 70.8 Å². The number of para-hydroxylation sites is 3. The monoisotopic (exact) mass is 668 g/mol. The Balaban J connectivity index is 1.07. The molecule has 0 amide bonds. The van der Waals surface area contributed by atoms with Crippen LogP contribution >= 0.6 is 11.3 Å². The highest BCUT2D eigenvalue weighted by atomic mass is 32.1. The van der Waals surface area contributed by atoms with E-state index >= 15 is 0 Å². The Morgan fingerprint density at radius 3 is 1.73 bits per heavy atom. The number of fused-ring (bicyclic) bond motifs is 9. The molecule has 11 rings (SSSR count). The first kappa shape index (κ1) is 28.3. The second-order valence-corrected chi connectivity index (χ2v) is 14.2. The van der Waals surface area contributed by atoms with Crippen molar-refractivity contribution in [1.82, 2.24) is 19.1 Å². The highest BCUT2D eigenvalue weighted by Gasteiger charge is 2.17. The van der Waals surface area contributed by atoms with Crippen molar-refractivity contribution in [3.05, 3.63) is 170 Å². The molecule has 4 heterocycles. The topological polar surface area (TPSA) is 35.6 Å². The third-order valence-electron chi connectivity index (χ3n) is 10.2. The number of hydrogen-bond acceptors (Lipinski definition) is 3. The van der Waals surface area contributed by atoms with Crippen LogP contribution < -0.4 is 0 Å². The summed E-state index contributed by atoms with van der Waals surface area (Å²) >= 11 is 1.74. The Morgan fingerprint density at radius 1 is 0.392 bits per heavy atom. The molecule has 0 aliphatic carbocycles. The third kappa shape index (κ3) is 4.32. The van der Waals surface area contributed by atoms with Gasteiger partial charge in [-0.2, -0.15) is 0 Å². The van der Waals surface area contributed by atoms with Crippen LogP contribution in [0.1, 0.15) is 0 Å². The van der Waals surface area contributed by atoms with E-state index in [-0.39, 0.29) is 0 Å². The fraction of sp³-hybridized carbons (Fsp3) is 0. The van der Waals surface area contributed by atoms with Crippen LogP contribution in [-0.2, 0) is 0 Å². The normalized spacial score (nSPS) is 11.9. The SMILES string of the molecule is c1ccc(-c2ccc3c4ccccc4n(-c4cccc(-c5ccc6sc7cnc(-n8c9ccccc9c9ccccc98)nc7c6c5)c4)c3c2)cc1. The molecule has 7 aromatic carbocycles. The summed E-state index contributed by atoms with van der Waals surface area (Å²) in [6.45, 7) is 0. The Hall–Kier alpha value is -6.56. The summed E-state index contributed by atoms with van der Waals surface area (Å²) in [7, 11) is 0. The van der Waals surface area contributed by atoms with Crippen molar-refractivity contribution in [3.63, 3.8) is 0 Å². The standard InChI is InChI=1S/C46H28N4S/c1-2-11-29(12-3-1)32-21-23-37-36-17-4-7-18-39(36)49(42(37)27-32)33-14-10-13-30(25-33)31-22-24-43-38(26-31)45-44(51-43)28-47-46(48-45)50-40-19-8-5-15-34(40)35-16-6-9-20-41(35)50/h1-28H. The Labute approximate surface area is 297 Å². The van der Waals surface area contributed by atoms with E-state index in [1.807, 2.05) is 6.20 Å². The molecule has 5 heteroatoms. The average Bonchev–Trinajstić information content (AvgIpc) is 3.85. The lowest BCUT2D eigenvalue weighted by molar-refractivity contribution is 1.01. The highest BCUT2D eigenvalue weighted by Crippen LogP contribution is 2.39. The molecule has 238 valence electrons. The lowest BCUT2D eigenvalue weighted by atomic mass is 10.0. The van der Waals surface area contributed by atoms with Gasteiger partial charge in [-0.1, -0.05) is 115 Å². The van der Waals surface area contributed by atoms with Gasteiger partial charge in [-0.25, -0.2) is 9.97 Å². The molecule has 0 bridgehead atoms. The predicted molar refractivity (Wildman–Crippen MR) is 214 cm³/mol. The summed E-state index contributed by atoms with van der Waals surface area (Å²) < 4.78 is 6.88. The number of rotatable bonds is 4. The quantitative estimate of drug-likeness (QED) is 0.187. The minimum Gasteiger partial charge on any atom is -0.309 e. The van der Waals surface area contributed by atoms with E-state index in [1.54, 1.807) is 11.3 Å². The van der Waals surface area contributed by atoms with E-state index in [9.17, 15) is 0 Å². The number of nitrogens with zero attached hydrogens (tertiary/aromatic N) is 4. The van der Waals surface area contributed by atoms with E-state index in [4.69, 9.17) is 9.97 Å². The molecule has 0 spiro atoms. The summed E-state index contributed by atoms with van der Waals surface area (Å²) in [6, 6.07) is 58.9. The van der Waals surface area contributed by atoms with Gasteiger partial charge in [-0.15, -0.1) is 11.3 Å². The molecule has 11 aromatic rings. The number of benzene rings is 7. The Morgan fingerprint density at radius 2 is 0.980 bits per heavy atom. The number of thiophene rings is 1. The maximum Gasteiger partial charge on any atom is 0.235 e. The fourth-order valence-electron chi connectivity index (χ4n) is 7.86. The van der Waals surface area contributed by atoms with Crippen LogP contribution in [0.4, 0.5) is 0 Å². The fourth-order valence-corrected chi connectivity index (χ4v) is 8.86. The van der Waals surface area contributed by atoms with Crippen LogP contribution in [0.3, 0.4) is 0 Å². The minimum absolute atomic E-state index is 0.688. The van der Waals surface area contributed by atoms with Gasteiger partial charge in [-0.3, -0.25) is 4.57 Å². The van der Waals surface area contributed by atoms with E-state index < -0.39 is 0 Å². The number of aromatic nitrogens is 4. The van der Waals surface area contributed by atoms with E-state index in [1.165, 1.54) is 48.4 Å². The maximum absolute atomic E-state index is 5.26. The number of hydrogen-bond donors (Lipinski definition) is 0. The third-order valence-corrected chi connectivity index (χ3v) is 11.3. The van der Waals surface area contributed by atoms with Crippen LogP contribution in [0.2, 0.25) is 0 Å². The van der Waals surface area contributed by atoms with Crippen LogP contribution in [-0.4, -0.2) is 19.1 Å². The van der Waals surface area contributed by atoms with Gasteiger partial charge in [0.1, 0.15) is 0 Å². The van der Waals surface area contributed by atoms with Gasteiger partial charge < -0.3 is 4.57 Å². The largest absolute Gasteiger partial charge is 0.309 e. The molecule has 0 aliphatic heterocycles. The molecule has 51 heavy (non-hydrogen) atoms. The van der Waals surface area contributed by atoms with Gasteiger partial charge in [0.15, 0.2) is 0 Å². The predicted octanol–water partition coefficient (Wildman–Crippen LogP) is 12.4. The zero-order valence-corrected chi connectivity index (χ0v) is 28.2. The first-order chi connectivity index (χ1) is 25.3. The van der Waals surface area contributed by atoms with Gasteiger partial charge in [0.2, 0.25) is 5.95 Å². The van der Waals surface area contributed by atoms with E-state index in [2.05, 4.69) is 173 Å². The van der Waals surface area contributed by atoms with Gasteiger partial charge in [0.05, 0.1) is 38.5 Å². The second-order valence-electron chi connectivity index (χ2n) is 13.1. The van der Waals surface area contributed by atoms with Crippen LogP contribution in [0, 0.1) is 0 Å². The van der Waals surface area contributed by atoms with Crippen LogP contribution in [0.25, 0.3) is 97.8 Å². The van der Waals surface area contributed by atoms with E-state index in [0.29, 0.717) is 5.95 Å². The molecule has 0 saturated heterocycles. The minimum atomic E-state index is 0.688. The summed E-state index contributed by atoms with van der Waals surface area (Å²) in [4.78, 5) is 10.2. The van der Waals surface area contributed by atoms with E-state index in [0.717, 1.165) is 43.5 Å². The molecule has 0 radical (unpaired) electrons. The molecule has 4 nitrogen and oxygen atoms in total. The average molecular weight is 669 g/mol. The van der Waals surface area contributed by atoms with Crippen molar-refractivity contribution in [3.8, 4) is 33.9 Å². The molecular weight excluding hydrogens is 641 g/mol. The Kier molecular flexibility index (Phi) is 6.09. The van der Waals surface area contributed by atoms with Gasteiger partial charge in [0, 0.05) is 37.3 Å². The summed E-state index contributed by atoms with van der Waals surface area (Å²) in [6.07, 6.45) is 1.98. The summed E-state index contributed by atoms with van der Waals surface area (Å²) in [5, 5.41) is 6.05. The first-order valence-corrected chi connectivity index (χ1v) is 18.0. The van der Waals surface area contributed by atoms with Crippen LogP contribution in [0.5, 0.6) is 0 Å². The molecule has 0 aliphatic rings. The van der Waals surface area contributed by atoms with Gasteiger partial charge in [0.25, 0.3) is 0 Å². The molecule has 0 atom stereocenters. The van der Waals surface area contributed by atoms with Crippen molar-refractivity contribution in [2.45, 2.75) is 0 Å². The Bertz CT molecular complexity index is 3090. The molecule has 4 aromatic heterocycles. The zero-order chi connectivity index (χ0) is 33.5. The molecule has 0 saturated carbocycles. The van der Waals surface area contributed by atoms with Crippen molar-refractivity contribution in [2.75, 3.05) is 0 Å². The van der Waals surface area contributed by atoms with Crippen molar-refractivity contribution < 1.29 is 0 Å². The molecule has 0 unspecified atom stereocenters. The maximum atomic E-state index is 5.26. The second kappa shape index (κ2) is 11.0. The van der Waals surface area contributed by atoms with Crippen molar-refractivity contribution in [1.29, 1.82) is 0 Å². The summed E-state index contributed by atoms with van der Waals surface area (Å²) in [5.74, 6) is 0.688. The van der Waals surface area contributed by atoms with Crippen molar-refractivity contribution >= 4 is 75.3 Å². The lowest BCUT2D eigenvalue weighted by Gasteiger charge is -2.11. The molecule has 0 N–H and O–H groups in total. The lowest BCUT2D eigenvalue weighted by Crippen LogP contribution is -2.00. The smallest absolute Gasteiger partial charge is 0.235 e. The van der Waals surface area contributed by atoms with Crippen LogP contribution in [0.15, 0.2) is 170 Å². The first-order valence-electron chi connectivity index (χ1n) is 17.2. The molecule has 0 fully saturated rings. The van der Waals surface area contributed by atoms with Gasteiger partial charge >= 0.3 is 0 Å². The highest BCUT2D eigenvalue weighted by molar-refractivity contribution is 7.25. The summed E-state index contributed by atoms with van der Waals surface area (Å²) in [5.41, 5.74) is 11.5. The van der Waals surface area contributed by atoms with Crippen molar-refractivity contribution in [2.24, 2.45) is 0 Å².